The van der Waals surface area contributed by atoms with Crippen LogP contribution in [0.4, 0.5) is 5.69 Å². The molecule has 0 aromatic heterocycles. The van der Waals surface area contributed by atoms with Crippen molar-refractivity contribution in [1.29, 1.82) is 0 Å². The van der Waals surface area contributed by atoms with E-state index in [1.54, 1.807) is 24.3 Å². The molecule has 3 fully saturated rings. The standard InChI is InChI=1S/C29H35N3O7S/c1-18(2)39-21-6-3-19(4-7-21)16-32-23-15-20(5-8-24(23)40(37,38)17-22(30)26(32)34)25(33)31-29-12-9-28(10-13-29,11-14-29)27(35)36/h3-8,15,18,22H,9-14,16-17,30H2,1-2H3,(H,31,33)(H,35,36)/t22-,28?,29?/m0/s1. The van der Waals surface area contributed by atoms with Crippen LogP contribution in [0.1, 0.15) is 68.3 Å². The fraction of sp³-hybridized carbons (Fsp3) is 0.483. The zero-order valence-electron chi connectivity index (χ0n) is 22.7. The minimum absolute atomic E-state index is 0.000779. The number of ether oxygens (including phenoxy) is 1. The molecule has 0 radical (unpaired) electrons. The van der Waals surface area contributed by atoms with Crippen molar-refractivity contribution in [3.05, 3.63) is 53.6 Å². The topological polar surface area (TPSA) is 156 Å². The highest BCUT2D eigenvalue weighted by molar-refractivity contribution is 7.91. The van der Waals surface area contributed by atoms with Gasteiger partial charge in [0.1, 0.15) is 5.75 Å². The Morgan fingerprint density at radius 1 is 1.07 bits per heavy atom. The van der Waals surface area contributed by atoms with Gasteiger partial charge in [-0.25, -0.2) is 8.42 Å². The number of fused-ring (bicyclic) bond motifs is 4. The molecule has 1 heterocycles. The molecule has 0 unspecified atom stereocenters. The largest absolute Gasteiger partial charge is 0.491 e. The first-order chi connectivity index (χ1) is 18.8. The molecular formula is C29H35N3O7S. The Morgan fingerprint density at radius 2 is 1.70 bits per heavy atom. The lowest BCUT2D eigenvalue weighted by molar-refractivity contribution is -0.156. The average molecular weight is 570 g/mol. The number of amides is 2. The Kier molecular flexibility index (Phi) is 7.16. The third-order valence-corrected chi connectivity index (χ3v) is 10.4. The molecule has 0 saturated heterocycles. The van der Waals surface area contributed by atoms with E-state index in [1.807, 2.05) is 13.8 Å². The number of hydrogen-bond acceptors (Lipinski definition) is 7. The number of nitrogens with one attached hydrogen (secondary N) is 1. The van der Waals surface area contributed by atoms with Crippen molar-refractivity contribution in [3.8, 4) is 5.75 Å². The summed E-state index contributed by atoms with van der Waals surface area (Å²) in [6.07, 6.45) is 3.23. The molecule has 2 bridgehead atoms. The van der Waals surface area contributed by atoms with E-state index in [-0.39, 0.29) is 34.7 Å². The number of nitrogens with zero attached hydrogens (tertiary/aromatic N) is 1. The quantitative estimate of drug-likeness (QED) is 0.459. The number of nitrogens with two attached hydrogens (primary N) is 1. The van der Waals surface area contributed by atoms with Crippen LogP contribution in [0.3, 0.4) is 0 Å². The number of anilines is 1. The molecule has 3 aliphatic carbocycles. The zero-order valence-corrected chi connectivity index (χ0v) is 23.5. The van der Waals surface area contributed by atoms with Crippen LogP contribution in [0.2, 0.25) is 0 Å². The fourth-order valence-electron chi connectivity index (χ4n) is 6.15. The molecule has 1 atom stereocenters. The van der Waals surface area contributed by atoms with E-state index in [0.717, 1.165) is 5.56 Å². The second kappa shape index (κ2) is 10.2. The van der Waals surface area contributed by atoms with Crippen LogP contribution < -0.4 is 20.7 Å². The maximum Gasteiger partial charge on any atom is 0.309 e. The van der Waals surface area contributed by atoms with Crippen LogP contribution in [0, 0.1) is 5.41 Å². The summed E-state index contributed by atoms with van der Waals surface area (Å²) >= 11 is 0. The molecule has 10 nitrogen and oxygen atoms in total. The number of carboxylic acids is 1. The van der Waals surface area contributed by atoms with Gasteiger partial charge in [0.15, 0.2) is 9.84 Å². The van der Waals surface area contributed by atoms with Gasteiger partial charge in [0.2, 0.25) is 5.91 Å². The maximum absolute atomic E-state index is 13.5. The predicted molar refractivity (Wildman–Crippen MR) is 148 cm³/mol. The number of carbonyl (C=O) groups is 3. The van der Waals surface area contributed by atoms with Gasteiger partial charge < -0.3 is 25.8 Å². The van der Waals surface area contributed by atoms with Crippen LogP contribution in [0.5, 0.6) is 5.75 Å². The van der Waals surface area contributed by atoms with Gasteiger partial charge in [-0.15, -0.1) is 0 Å². The number of hydrogen-bond donors (Lipinski definition) is 3. The van der Waals surface area contributed by atoms with Crippen molar-refractivity contribution in [3.63, 3.8) is 0 Å². The van der Waals surface area contributed by atoms with Crippen LogP contribution >= 0.6 is 0 Å². The summed E-state index contributed by atoms with van der Waals surface area (Å²) in [5, 5.41) is 12.8. The minimum Gasteiger partial charge on any atom is -0.491 e. The lowest BCUT2D eigenvalue weighted by Gasteiger charge is -2.51. The van der Waals surface area contributed by atoms with Gasteiger partial charge in [0, 0.05) is 11.1 Å². The highest BCUT2D eigenvalue weighted by atomic mass is 32.2. The van der Waals surface area contributed by atoms with Gasteiger partial charge in [-0.05, 0) is 88.3 Å². The molecule has 40 heavy (non-hydrogen) atoms. The summed E-state index contributed by atoms with van der Waals surface area (Å²) in [5.74, 6) is -1.57. The van der Waals surface area contributed by atoms with Crippen molar-refractivity contribution in [2.45, 2.75) is 81.5 Å². The van der Waals surface area contributed by atoms with Crippen LogP contribution in [-0.2, 0) is 26.0 Å². The van der Waals surface area contributed by atoms with Crippen LogP contribution in [0.25, 0.3) is 0 Å². The third kappa shape index (κ3) is 5.19. The molecule has 4 aliphatic rings. The van der Waals surface area contributed by atoms with Crippen LogP contribution in [-0.4, -0.2) is 54.7 Å². The maximum atomic E-state index is 13.5. The van der Waals surface area contributed by atoms with Gasteiger partial charge in [-0.3, -0.25) is 14.4 Å². The summed E-state index contributed by atoms with van der Waals surface area (Å²) in [6, 6.07) is 10.2. The monoisotopic (exact) mass is 569 g/mol. The average Bonchev–Trinajstić information content (AvgIpc) is 2.98. The van der Waals surface area contributed by atoms with Crippen molar-refractivity contribution < 1.29 is 32.6 Å². The van der Waals surface area contributed by atoms with Gasteiger partial charge in [-0.2, -0.15) is 0 Å². The van der Waals surface area contributed by atoms with E-state index in [2.05, 4.69) is 5.32 Å². The van der Waals surface area contributed by atoms with E-state index in [1.165, 1.54) is 23.1 Å². The van der Waals surface area contributed by atoms with Gasteiger partial charge in [-0.1, -0.05) is 12.1 Å². The molecule has 1 aliphatic heterocycles. The van der Waals surface area contributed by atoms with Crippen molar-refractivity contribution in [2.24, 2.45) is 11.1 Å². The first kappa shape index (κ1) is 28.1. The zero-order chi connectivity index (χ0) is 28.9. The lowest BCUT2D eigenvalue weighted by Crippen LogP contribution is -2.58. The van der Waals surface area contributed by atoms with Crippen molar-refractivity contribution >= 4 is 33.3 Å². The smallest absolute Gasteiger partial charge is 0.309 e. The third-order valence-electron chi connectivity index (χ3n) is 8.54. The molecule has 2 amide bonds. The highest BCUT2D eigenvalue weighted by Crippen LogP contribution is 2.52. The van der Waals surface area contributed by atoms with E-state index in [0.29, 0.717) is 44.3 Å². The summed E-state index contributed by atoms with van der Waals surface area (Å²) in [4.78, 5) is 39.9. The Bertz CT molecular complexity index is 1430. The van der Waals surface area contributed by atoms with E-state index in [9.17, 15) is 27.9 Å². The molecule has 6 rings (SSSR count). The number of sulfone groups is 1. The predicted octanol–water partition coefficient (Wildman–Crippen LogP) is 3.03. The normalized spacial score (nSPS) is 27.1. The Labute approximate surface area is 233 Å². The Hall–Kier alpha value is -3.44. The van der Waals surface area contributed by atoms with E-state index >= 15 is 0 Å². The van der Waals surface area contributed by atoms with Gasteiger partial charge in [0.05, 0.1) is 40.4 Å². The second-order valence-electron chi connectivity index (χ2n) is 11.6. The number of carbonyl (C=O) groups excluding carboxylic acids is 2. The summed E-state index contributed by atoms with van der Waals surface area (Å²) in [7, 11) is -3.90. The first-order valence-corrected chi connectivity index (χ1v) is 15.2. The summed E-state index contributed by atoms with van der Waals surface area (Å²) in [5.41, 5.74) is 5.91. The molecule has 2 aromatic rings. The highest BCUT2D eigenvalue weighted by Gasteiger charge is 2.53. The molecule has 0 spiro atoms. The molecule has 11 heteroatoms. The molecule has 2 aromatic carbocycles. The van der Waals surface area contributed by atoms with Crippen molar-refractivity contribution in [1.82, 2.24) is 5.32 Å². The molecule has 3 saturated carbocycles. The number of rotatable bonds is 7. The van der Waals surface area contributed by atoms with Gasteiger partial charge >= 0.3 is 5.97 Å². The fourth-order valence-corrected chi connectivity index (χ4v) is 7.71. The van der Waals surface area contributed by atoms with Crippen LogP contribution in [0.15, 0.2) is 47.4 Å². The number of carboxylic acid groups (broad SMARTS) is 1. The SMILES string of the molecule is CC(C)Oc1ccc(CN2C(=O)[C@@H](N)CS(=O)(=O)c3ccc(C(=O)NC45CCC(C(=O)O)(CC4)CC5)cc32)cc1. The molecule has 4 N–H and O–H groups in total. The van der Waals surface area contributed by atoms with E-state index in [4.69, 9.17) is 10.5 Å². The Balaban J connectivity index is 1.44. The Morgan fingerprint density at radius 3 is 2.27 bits per heavy atom. The van der Waals surface area contributed by atoms with Crippen molar-refractivity contribution in [2.75, 3.05) is 10.7 Å². The lowest BCUT2D eigenvalue weighted by atomic mass is 9.57. The summed E-state index contributed by atoms with van der Waals surface area (Å²) in [6.45, 7) is 3.90. The number of benzene rings is 2. The number of aliphatic carboxylic acids is 1. The first-order valence-electron chi connectivity index (χ1n) is 13.6. The minimum atomic E-state index is -3.90. The second-order valence-corrected chi connectivity index (χ2v) is 13.6. The van der Waals surface area contributed by atoms with E-state index < -0.39 is 44.5 Å². The molecule has 214 valence electrons. The van der Waals surface area contributed by atoms with Gasteiger partial charge in [0.25, 0.3) is 5.91 Å². The summed E-state index contributed by atoms with van der Waals surface area (Å²) < 4.78 is 32.0. The molecular weight excluding hydrogens is 534 g/mol.